The maximum Gasteiger partial charge on any atom is 0.226 e. The fraction of sp³-hybridized carbons (Fsp3) is 0.476. The summed E-state index contributed by atoms with van der Waals surface area (Å²) in [7, 11) is 1.62. The van der Waals surface area contributed by atoms with E-state index in [2.05, 4.69) is 35.3 Å². The van der Waals surface area contributed by atoms with Crippen molar-refractivity contribution >= 4 is 11.7 Å². The molecule has 1 N–H and O–H groups in total. The lowest BCUT2D eigenvalue weighted by atomic mass is 9.72. The topological polar surface area (TPSA) is 78.3 Å². The second-order valence-corrected chi connectivity index (χ2v) is 8.38. The largest absolute Gasteiger partial charge is 0.493 e. The molecule has 0 amide bonds. The van der Waals surface area contributed by atoms with E-state index in [-0.39, 0.29) is 29.3 Å². The normalized spacial score (nSPS) is 22.8. The molecule has 7 heteroatoms. The van der Waals surface area contributed by atoms with Gasteiger partial charge in [-0.3, -0.25) is 4.79 Å². The molecule has 4 rings (SSSR count). The summed E-state index contributed by atoms with van der Waals surface area (Å²) >= 11 is 0. The maximum absolute atomic E-state index is 13.1. The Morgan fingerprint density at radius 2 is 2.07 bits per heavy atom. The highest BCUT2D eigenvalue weighted by Crippen LogP contribution is 2.46. The fourth-order valence-electron chi connectivity index (χ4n) is 4.12. The van der Waals surface area contributed by atoms with Gasteiger partial charge in [0, 0.05) is 12.1 Å². The number of allylic oxidation sites excluding steroid dienone is 2. The summed E-state index contributed by atoms with van der Waals surface area (Å²) in [5.41, 5.74) is 1.65. The molecule has 0 fully saturated rings. The van der Waals surface area contributed by atoms with Crippen LogP contribution < -0.4 is 14.8 Å². The molecule has 0 radical (unpaired) electrons. The molecule has 0 unspecified atom stereocenters. The van der Waals surface area contributed by atoms with Crippen LogP contribution in [0.4, 0.5) is 5.95 Å². The van der Waals surface area contributed by atoms with Crippen LogP contribution in [0.3, 0.4) is 0 Å². The van der Waals surface area contributed by atoms with E-state index in [0.29, 0.717) is 23.9 Å². The van der Waals surface area contributed by atoms with E-state index in [1.807, 2.05) is 32.0 Å². The second kappa shape index (κ2) is 6.65. The fourth-order valence-corrected chi connectivity index (χ4v) is 4.12. The Morgan fingerprint density at radius 3 is 2.79 bits per heavy atom. The zero-order valence-corrected chi connectivity index (χ0v) is 16.9. The van der Waals surface area contributed by atoms with Crippen LogP contribution in [0.1, 0.15) is 45.7 Å². The predicted octanol–water partition coefficient (Wildman–Crippen LogP) is 3.59. The molecular weight excluding hydrogens is 356 g/mol. The smallest absolute Gasteiger partial charge is 0.226 e. The second-order valence-electron chi connectivity index (χ2n) is 8.38. The SMILES string of the molecule is COc1cc([C@@H]2[C@H]3C(=O)CC(C)(C)C=C3Nc3ncnn32)ccc1OC(C)C. The molecule has 0 saturated carbocycles. The van der Waals surface area contributed by atoms with Crippen LogP contribution in [0.25, 0.3) is 0 Å². The van der Waals surface area contributed by atoms with Gasteiger partial charge in [0.2, 0.25) is 5.95 Å². The Balaban J connectivity index is 1.83. The summed E-state index contributed by atoms with van der Waals surface area (Å²) in [6, 6.07) is 5.53. The Hall–Kier alpha value is -2.83. The van der Waals surface area contributed by atoms with Crippen molar-refractivity contribution in [3.05, 3.63) is 41.9 Å². The number of nitrogens with one attached hydrogen (secondary N) is 1. The highest BCUT2D eigenvalue weighted by atomic mass is 16.5. The highest BCUT2D eigenvalue weighted by Gasteiger charge is 2.44. The molecule has 148 valence electrons. The molecule has 0 saturated heterocycles. The molecule has 2 aliphatic rings. The number of Topliss-reactive ketones (excluding diaryl/α,β-unsaturated/α-hetero) is 1. The molecule has 1 aromatic heterocycles. The summed E-state index contributed by atoms with van der Waals surface area (Å²) in [5, 5.41) is 7.70. The standard InChI is InChI=1S/C21H26N4O3/c1-12(2)28-16-7-6-13(8-17(16)27-5)19-18-14(9-21(3,4)10-15(18)26)24-20-22-11-23-25(19)20/h6-9,11-12,18-19H,10H2,1-5H3,(H,22,23,24)/t18-,19-/m1/s1. The van der Waals surface area contributed by atoms with Crippen molar-refractivity contribution in [3.8, 4) is 11.5 Å². The quantitative estimate of drug-likeness (QED) is 0.871. The van der Waals surface area contributed by atoms with Gasteiger partial charge < -0.3 is 14.8 Å². The lowest BCUT2D eigenvalue weighted by Gasteiger charge is -2.40. The Labute approximate surface area is 164 Å². The van der Waals surface area contributed by atoms with Crippen molar-refractivity contribution < 1.29 is 14.3 Å². The first-order chi connectivity index (χ1) is 13.3. The van der Waals surface area contributed by atoms with Gasteiger partial charge in [0.05, 0.1) is 25.2 Å². The van der Waals surface area contributed by atoms with Crippen molar-refractivity contribution in [3.63, 3.8) is 0 Å². The monoisotopic (exact) mass is 382 g/mol. The van der Waals surface area contributed by atoms with Crippen LogP contribution in [-0.2, 0) is 4.79 Å². The van der Waals surface area contributed by atoms with Crippen LogP contribution in [0.15, 0.2) is 36.3 Å². The minimum Gasteiger partial charge on any atom is -0.493 e. The number of ketones is 1. The van der Waals surface area contributed by atoms with Crippen LogP contribution >= 0.6 is 0 Å². The van der Waals surface area contributed by atoms with Gasteiger partial charge >= 0.3 is 0 Å². The number of benzene rings is 1. The number of carbonyl (C=O) groups excluding carboxylic acids is 1. The molecule has 2 heterocycles. The Bertz CT molecular complexity index is 945. The number of ether oxygens (including phenoxy) is 2. The Morgan fingerprint density at radius 1 is 1.29 bits per heavy atom. The van der Waals surface area contributed by atoms with Gasteiger partial charge in [-0.25, -0.2) is 4.68 Å². The van der Waals surface area contributed by atoms with Gasteiger partial charge in [-0.05, 0) is 37.0 Å². The molecule has 7 nitrogen and oxygen atoms in total. The third-order valence-corrected chi connectivity index (χ3v) is 5.16. The summed E-state index contributed by atoms with van der Waals surface area (Å²) in [6.45, 7) is 8.10. The van der Waals surface area contributed by atoms with Crippen LogP contribution in [0, 0.1) is 11.3 Å². The molecule has 28 heavy (non-hydrogen) atoms. The lowest BCUT2D eigenvalue weighted by molar-refractivity contribution is -0.125. The number of hydrogen-bond acceptors (Lipinski definition) is 6. The predicted molar refractivity (Wildman–Crippen MR) is 106 cm³/mol. The zero-order valence-electron chi connectivity index (χ0n) is 16.9. The van der Waals surface area contributed by atoms with Crippen molar-refractivity contribution in [1.29, 1.82) is 0 Å². The molecule has 1 aromatic carbocycles. The van der Waals surface area contributed by atoms with E-state index in [0.717, 1.165) is 11.3 Å². The maximum atomic E-state index is 13.1. The Kier molecular flexibility index (Phi) is 4.40. The van der Waals surface area contributed by atoms with E-state index in [1.54, 1.807) is 11.8 Å². The minimum atomic E-state index is -0.330. The number of aromatic nitrogens is 3. The van der Waals surface area contributed by atoms with Gasteiger partial charge in [-0.1, -0.05) is 26.0 Å². The van der Waals surface area contributed by atoms with Gasteiger partial charge in [-0.2, -0.15) is 10.1 Å². The summed E-state index contributed by atoms with van der Waals surface area (Å²) in [5.74, 6) is 1.83. The van der Waals surface area contributed by atoms with Gasteiger partial charge in [0.25, 0.3) is 0 Å². The number of fused-ring (bicyclic) bond motifs is 2. The van der Waals surface area contributed by atoms with Crippen molar-refractivity contribution in [1.82, 2.24) is 14.8 Å². The van der Waals surface area contributed by atoms with E-state index in [4.69, 9.17) is 9.47 Å². The number of methoxy groups -OCH3 is 1. The van der Waals surface area contributed by atoms with Crippen molar-refractivity contribution in [2.45, 2.75) is 46.3 Å². The van der Waals surface area contributed by atoms with Crippen molar-refractivity contribution in [2.75, 3.05) is 12.4 Å². The van der Waals surface area contributed by atoms with E-state index >= 15 is 0 Å². The summed E-state index contributed by atoms with van der Waals surface area (Å²) < 4.78 is 13.2. The van der Waals surface area contributed by atoms with Crippen LogP contribution in [0.5, 0.6) is 11.5 Å². The first-order valence-electron chi connectivity index (χ1n) is 9.55. The van der Waals surface area contributed by atoms with E-state index < -0.39 is 0 Å². The van der Waals surface area contributed by atoms with E-state index in [9.17, 15) is 4.79 Å². The van der Waals surface area contributed by atoms with Crippen LogP contribution in [-0.4, -0.2) is 33.8 Å². The van der Waals surface area contributed by atoms with Crippen LogP contribution in [0.2, 0.25) is 0 Å². The number of hydrogen-bond donors (Lipinski definition) is 1. The summed E-state index contributed by atoms with van der Waals surface area (Å²) in [6.07, 6.45) is 4.19. The molecule has 0 spiro atoms. The first kappa shape index (κ1) is 18.5. The number of rotatable bonds is 4. The average Bonchev–Trinajstić information content (AvgIpc) is 3.07. The highest BCUT2D eigenvalue weighted by molar-refractivity contribution is 5.88. The number of anilines is 1. The summed E-state index contributed by atoms with van der Waals surface area (Å²) in [4.78, 5) is 17.5. The molecule has 1 aliphatic heterocycles. The zero-order chi connectivity index (χ0) is 20.1. The molecular formula is C21H26N4O3. The molecule has 0 bridgehead atoms. The number of nitrogens with zero attached hydrogens (tertiary/aromatic N) is 3. The minimum absolute atomic E-state index is 0.0391. The van der Waals surface area contributed by atoms with Gasteiger partial charge in [0.15, 0.2) is 11.5 Å². The van der Waals surface area contributed by atoms with E-state index in [1.165, 1.54) is 6.33 Å². The lowest BCUT2D eigenvalue weighted by Crippen LogP contribution is -2.42. The first-order valence-corrected chi connectivity index (χ1v) is 9.55. The third-order valence-electron chi connectivity index (χ3n) is 5.16. The van der Waals surface area contributed by atoms with Gasteiger partial charge in [0.1, 0.15) is 12.1 Å². The molecule has 1 aliphatic carbocycles. The third kappa shape index (κ3) is 3.15. The van der Waals surface area contributed by atoms with Gasteiger partial charge in [-0.15, -0.1) is 0 Å². The number of carbonyl (C=O) groups is 1. The average molecular weight is 382 g/mol. The molecule has 2 aromatic rings. The van der Waals surface area contributed by atoms with Crippen molar-refractivity contribution in [2.24, 2.45) is 11.3 Å². The molecule has 2 atom stereocenters.